The Labute approximate surface area is 116 Å². The van der Waals surface area contributed by atoms with E-state index >= 15 is 0 Å². The van der Waals surface area contributed by atoms with Crippen molar-refractivity contribution in [2.45, 2.75) is 20.5 Å². The van der Waals surface area contributed by atoms with E-state index in [0.29, 0.717) is 18.2 Å². The van der Waals surface area contributed by atoms with Crippen LogP contribution in [0, 0.1) is 6.92 Å². The molecule has 0 saturated heterocycles. The number of ether oxygens (including phenoxy) is 1. The first-order valence-corrected chi connectivity index (χ1v) is 6.18. The van der Waals surface area contributed by atoms with Gasteiger partial charge in [-0.1, -0.05) is 12.1 Å². The minimum Gasteiger partial charge on any atom is -0.476 e. The van der Waals surface area contributed by atoms with Crippen molar-refractivity contribution in [3.8, 4) is 5.69 Å². The number of aryl methyl sites for hydroxylation is 2. The number of benzene rings is 1. The van der Waals surface area contributed by atoms with Gasteiger partial charge in [0.1, 0.15) is 6.61 Å². The number of tetrazole rings is 1. The normalized spacial score (nSPS) is 11.7. The molecule has 2 rings (SSSR count). The van der Waals surface area contributed by atoms with Gasteiger partial charge in [-0.3, -0.25) is 4.99 Å². The van der Waals surface area contributed by atoms with Gasteiger partial charge in [-0.15, -0.1) is 0 Å². The van der Waals surface area contributed by atoms with Gasteiger partial charge in [0.2, 0.25) is 0 Å². The summed E-state index contributed by atoms with van der Waals surface area (Å²) in [6, 6.07) is 5.65. The van der Waals surface area contributed by atoms with Crippen LogP contribution in [0.5, 0.6) is 0 Å². The SMILES string of the molecule is CN=C(C)OCc1c(C)cccc1-n1nnn(C)c1=O. The van der Waals surface area contributed by atoms with Crippen molar-refractivity contribution in [2.75, 3.05) is 7.05 Å². The zero-order chi connectivity index (χ0) is 14.7. The van der Waals surface area contributed by atoms with E-state index in [1.807, 2.05) is 25.1 Å². The van der Waals surface area contributed by atoms with E-state index in [1.54, 1.807) is 21.0 Å². The topological polar surface area (TPSA) is 74.3 Å². The number of aliphatic imine (C=N–C) groups is 1. The molecule has 106 valence electrons. The summed E-state index contributed by atoms with van der Waals surface area (Å²) in [6.07, 6.45) is 0. The van der Waals surface area contributed by atoms with Gasteiger partial charge in [-0.05, 0) is 29.0 Å². The molecule has 20 heavy (non-hydrogen) atoms. The molecular weight excluding hydrogens is 258 g/mol. The Morgan fingerprint density at radius 3 is 2.75 bits per heavy atom. The lowest BCUT2D eigenvalue weighted by molar-refractivity contribution is 0.288. The van der Waals surface area contributed by atoms with Crippen molar-refractivity contribution >= 4 is 5.90 Å². The Morgan fingerprint density at radius 2 is 2.15 bits per heavy atom. The van der Waals surface area contributed by atoms with Crippen LogP contribution < -0.4 is 5.69 Å². The van der Waals surface area contributed by atoms with E-state index in [4.69, 9.17) is 4.74 Å². The summed E-state index contributed by atoms with van der Waals surface area (Å²) in [5.74, 6) is 0.589. The first kappa shape index (κ1) is 14.0. The van der Waals surface area contributed by atoms with Gasteiger partial charge in [0.25, 0.3) is 0 Å². The molecule has 0 amide bonds. The minimum atomic E-state index is -0.294. The highest BCUT2D eigenvalue weighted by Gasteiger charge is 2.13. The van der Waals surface area contributed by atoms with Crippen LogP contribution in [0.2, 0.25) is 0 Å². The average Bonchev–Trinajstić information content (AvgIpc) is 2.77. The van der Waals surface area contributed by atoms with Gasteiger partial charge in [-0.25, -0.2) is 4.79 Å². The maximum Gasteiger partial charge on any atom is 0.368 e. The largest absolute Gasteiger partial charge is 0.476 e. The van der Waals surface area contributed by atoms with Crippen molar-refractivity contribution < 1.29 is 4.74 Å². The van der Waals surface area contributed by atoms with E-state index in [0.717, 1.165) is 11.1 Å². The molecule has 0 radical (unpaired) electrons. The van der Waals surface area contributed by atoms with Crippen LogP contribution in [-0.2, 0) is 18.4 Å². The third kappa shape index (κ3) is 2.61. The number of hydrogen-bond donors (Lipinski definition) is 0. The Hall–Kier alpha value is -2.44. The molecule has 0 fully saturated rings. The molecule has 1 heterocycles. The van der Waals surface area contributed by atoms with Crippen LogP contribution in [0.1, 0.15) is 18.1 Å². The lowest BCUT2D eigenvalue weighted by Crippen LogP contribution is -2.23. The maximum absolute atomic E-state index is 12.0. The van der Waals surface area contributed by atoms with Crippen LogP contribution in [0.25, 0.3) is 5.69 Å². The van der Waals surface area contributed by atoms with Crippen LogP contribution in [-0.4, -0.2) is 32.7 Å². The monoisotopic (exact) mass is 275 g/mol. The first-order valence-electron chi connectivity index (χ1n) is 6.18. The molecule has 0 aliphatic carbocycles. The maximum atomic E-state index is 12.0. The molecule has 0 N–H and O–H groups in total. The third-order valence-electron chi connectivity index (χ3n) is 3.08. The van der Waals surface area contributed by atoms with Crippen molar-refractivity contribution in [3.05, 3.63) is 39.8 Å². The number of hydrogen-bond acceptors (Lipinski definition) is 5. The predicted octanol–water partition coefficient (Wildman–Crippen LogP) is 0.839. The second-order valence-electron chi connectivity index (χ2n) is 4.40. The number of nitrogens with zero attached hydrogens (tertiary/aromatic N) is 5. The molecule has 1 aromatic carbocycles. The molecule has 2 aromatic rings. The van der Waals surface area contributed by atoms with E-state index < -0.39 is 0 Å². The van der Waals surface area contributed by atoms with Crippen molar-refractivity contribution in [2.24, 2.45) is 12.0 Å². The Balaban J connectivity index is 2.46. The molecule has 0 aliphatic heterocycles. The summed E-state index contributed by atoms with van der Waals surface area (Å²) in [5.41, 5.74) is 2.28. The van der Waals surface area contributed by atoms with Crippen LogP contribution >= 0.6 is 0 Å². The summed E-state index contributed by atoms with van der Waals surface area (Å²) in [7, 11) is 3.23. The fourth-order valence-electron chi connectivity index (χ4n) is 1.78. The van der Waals surface area contributed by atoms with E-state index in [9.17, 15) is 4.79 Å². The first-order chi connectivity index (χ1) is 9.54. The molecular formula is C13H17N5O2. The van der Waals surface area contributed by atoms with Gasteiger partial charge >= 0.3 is 5.69 Å². The fraction of sp³-hybridized carbons (Fsp3) is 0.385. The quantitative estimate of drug-likeness (QED) is 0.614. The fourth-order valence-corrected chi connectivity index (χ4v) is 1.78. The van der Waals surface area contributed by atoms with Crippen molar-refractivity contribution in [3.63, 3.8) is 0 Å². The highest BCUT2D eigenvalue weighted by Crippen LogP contribution is 2.17. The zero-order valence-electron chi connectivity index (χ0n) is 12.0. The average molecular weight is 275 g/mol. The third-order valence-corrected chi connectivity index (χ3v) is 3.08. The van der Waals surface area contributed by atoms with Gasteiger partial charge in [0, 0.05) is 26.6 Å². The van der Waals surface area contributed by atoms with E-state index in [1.165, 1.54) is 9.36 Å². The molecule has 7 nitrogen and oxygen atoms in total. The molecule has 0 saturated carbocycles. The van der Waals surface area contributed by atoms with Gasteiger partial charge < -0.3 is 4.74 Å². The molecule has 0 bridgehead atoms. The predicted molar refractivity (Wildman–Crippen MR) is 75.2 cm³/mol. The second kappa shape index (κ2) is 5.68. The van der Waals surface area contributed by atoms with Gasteiger partial charge in [-0.2, -0.15) is 9.36 Å². The summed E-state index contributed by atoms with van der Waals surface area (Å²) in [5, 5.41) is 7.59. The standard InChI is InChI=1S/C13H17N5O2/c1-9-6-5-7-12(11(9)8-20-10(2)14-3)18-13(19)17(4)15-16-18/h5-7H,8H2,1-4H3. The highest BCUT2D eigenvalue weighted by molar-refractivity contribution is 5.73. The van der Waals surface area contributed by atoms with Crippen LogP contribution in [0.15, 0.2) is 28.0 Å². The number of aromatic nitrogens is 4. The zero-order valence-corrected chi connectivity index (χ0v) is 12.0. The lowest BCUT2D eigenvalue weighted by Gasteiger charge is -2.12. The molecule has 0 atom stereocenters. The van der Waals surface area contributed by atoms with Crippen molar-refractivity contribution in [1.82, 2.24) is 19.8 Å². The molecule has 0 spiro atoms. The molecule has 0 unspecified atom stereocenters. The molecule has 1 aromatic heterocycles. The van der Waals surface area contributed by atoms with Gasteiger partial charge in [0.15, 0.2) is 5.90 Å². The smallest absolute Gasteiger partial charge is 0.368 e. The minimum absolute atomic E-state index is 0.294. The summed E-state index contributed by atoms with van der Waals surface area (Å²) < 4.78 is 8.00. The van der Waals surface area contributed by atoms with Gasteiger partial charge in [0.05, 0.1) is 5.69 Å². The Bertz CT molecular complexity index is 699. The Morgan fingerprint density at radius 1 is 1.40 bits per heavy atom. The summed E-state index contributed by atoms with van der Waals surface area (Å²) in [6.45, 7) is 4.07. The highest BCUT2D eigenvalue weighted by atomic mass is 16.5. The summed E-state index contributed by atoms with van der Waals surface area (Å²) >= 11 is 0. The molecule has 7 heteroatoms. The Kier molecular flexibility index (Phi) is 3.97. The van der Waals surface area contributed by atoms with Crippen LogP contribution in [0.3, 0.4) is 0 Å². The second-order valence-corrected chi connectivity index (χ2v) is 4.40. The number of rotatable bonds is 3. The lowest BCUT2D eigenvalue weighted by atomic mass is 10.1. The van der Waals surface area contributed by atoms with Crippen LogP contribution in [0.4, 0.5) is 0 Å². The van der Waals surface area contributed by atoms with E-state index in [2.05, 4.69) is 15.4 Å². The van der Waals surface area contributed by atoms with E-state index in [-0.39, 0.29) is 5.69 Å². The summed E-state index contributed by atoms with van der Waals surface area (Å²) in [4.78, 5) is 15.9. The van der Waals surface area contributed by atoms with Crippen molar-refractivity contribution in [1.29, 1.82) is 0 Å². The molecule has 0 aliphatic rings.